The summed E-state index contributed by atoms with van der Waals surface area (Å²) in [5, 5.41) is 16.8. The second-order valence-corrected chi connectivity index (χ2v) is 5.87. The molecule has 2 atom stereocenters. The van der Waals surface area contributed by atoms with Crippen molar-refractivity contribution in [2.24, 2.45) is 5.92 Å². The minimum atomic E-state index is -0.274. The molecule has 0 saturated heterocycles. The second kappa shape index (κ2) is 6.96. The van der Waals surface area contributed by atoms with Gasteiger partial charge in [0.05, 0.1) is 11.8 Å². The van der Waals surface area contributed by atoms with Gasteiger partial charge in [-0.25, -0.2) is 0 Å². The van der Waals surface area contributed by atoms with Crippen molar-refractivity contribution in [3.05, 3.63) is 10.6 Å². The van der Waals surface area contributed by atoms with Crippen LogP contribution in [0.1, 0.15) is 54.4 Å². The van der Waals surface area contributed by atoms with Crippen LogP contribution in [0.4, 0.5) is 0 Å². The Morgan fingerprint density at radius 2 is 2.26 bits per heavy atom. The Morgan fingerprint density at radius 3 is 3.00 bits per heavy atom. The van der Waals surface area contributed by atoms with Crippen molar-refractivity contribution in [1.29, 1.82) is 0 Å². The molecule has 1 aliphatic rings. The molecule has 2 unspecified atom stereocenters. The molecule has 1 aromatic heterocycles. The summed E-state index contributed by atoms with van der Waals surface area (Å²) in [6.07, 6.45) is 5.53. The Kier molecular flexibility index (Phi) is 5.27. The third-order valence-electron chi connectivity index (χ3n) is 3.64. The first-order valence-electron chi connectivity index (χ1n) is 6.99. The van der Waals surface area contributed by atoms with Crippen LogP contribution in [0.25, 0.3) is 0 Å². The topological polar surface area (TPSA) is 75.1 Å². The van der Waals surface area contributed by atoms with Crippen molar-refractivity contribution in [1.82, 2.24) is 14.9 Å². The van der Waals surface area contributed by atoms with E-state index in [1.54, 1.807) is 0 Å². The lowest BCUT2D eigenvalue weighted by Crippen LogP contribution is -2.36. The van der Waals surface area contributed by atoms with E-state index in [-0.39, 0.29) is 17.9 Å². The maximum Gasteiger partial charge on any atom is 0.264 e. The maximum atomic E-state index is 12.1. The zero-order valence-electron chi connectivity index (χ0n) is 11.3. The van der Waals surface area contributed by atoms with Gasteiger partial charge in [0, 0.05) is 12.5 Å². The van der Waals surface area contributed by atoms with E-state index in [0.29, 0.717) is 11.4 Å². The molecule has 19 heavy (non-hydrogen) atoms. The fourth-order valence-corrected chi connectivity index (χ4v) is 3.14. The van der Waals surface area contributed by atoms with Crippen LogP contribution in [-0.2, 0) is 6.42 Å². The lowest BCUT2D eigenvalue weighted by Gasteiger charge is -2.27. The predicted molar refractivity (Wildman–Crippen MR) is 74.2 cm³/mol. The van der Waals surface area contributed by atoms with Gasteiger partial charge < -0.3 is 10.4 Å². The number of hydrogen-bond acceptors (Lipinski definition) is 5. The van der Waals surface area contributed by atoms with Gasteiger partial charge in [-0.2, -0.15) is 0 Å². The molecule has 106 valence electrons. The fraction of sp³-hybridized carbons (Fsp3) is 0.769. The summed E-state index contributed by atoms with van der Waals surface area (Å²) < 4.78 is 3.85. The van der Waals surface area contributed by atoms with Gasteiger partial charge in [-0.05, 0) is 30.8 Å². The third-order valence-corrected chi connectivity index (χ3v) is 4.41. The van der Waals surface area contributed by atoms with E-state index >= 15 is 0 Å². The monoisotopic (exact) mass is 283 g/mol. The molecule has 0 aromatic carbocycles. The number of carbonyl (C=O) groups is 1. The molecule has 0 spiro atoms. The van der Waals surface area contributed by atoms with Crippen LogP contribution in [0.2, 0.25) is 0 Å². The van der Waals surface area contributed by atoms with Gasteiger partial charge in [-0.15, -0.1) is 5.10 Å². The number of nitrogens with zero attached hydrogens (tertiary/aromatic N) is 2. The Bertz CT molecular complexity index is 422. The van der Waals surface area contributed by atoms with Gasteiger partial charge in [0.15, 0.2) is 0 Å². The molecule has 2 rings (SSSR count). The quantitative estimate of drug-likeness (QED) is 0.863. The van der Waals surface area contributed by atoms with E-state index in [9.17, 15) is 9.90 Å². The average Bonchev–Trinajstić information content (AvgIpc) is 2.86. The molecule has 6 heteroatoms. The number of nitrogens with one attached hydrogen (secondary N) is 1. The van der Waals surface area contributed by atoms with Crippen molar-refractivity contribution in [2.75, 3.05) is 6.54 Å². The molecule has 0 radical (unpaired) electrons. The van der Waals surface area contributed by atoms with E-state index < -0.39 is 0 Å². The first-order valence-corrected chi connectivity index (χ1v) is 7.77. The summed E-state index contributed by atoms with van der Waals surface area (Å²) in [6.45, 7) is 2.60. The number of aryl methyl sites for hydroxylation is 1. The highest BCUT2D eigenvalue weighted by Gasteiger charge is 2.24. The smallest absolute Gasteiger partial charge is 0.264 e. The van der Waals surface area contributed by atoms with Gasteiger partial charge in [-0.1, -0.05) is 30.7 Å². The molecular weight excluding hydrogens is 262 g/mol. The molecule has 0 bridgehead atoms. The molecule has 1 heterocycles. The van der Waals surface area contributed by atoms with Crippen LogP contribution < -0.4 is 5.32 Å². The lowest BCUT2D eigenvalue weighted by molar-refractivity contribution is 0.0663. The van der Waals surface area contributed by atoms with Crippen LogP contribution in [0, 0.1) is 5.92 Å². The van der Waals surface area contributed by atoms with Crippen LogP contribution in [-0.4, -0.2) is 33.2 Å². The summed E-state index contributed by atoms with van der Waals surface area (Å²) in [7, 11) is 0. The van der Waals surface area contributed by atoms with Gasteiger partial charge in [-0.3, -0.25) is 4.79 Å². The normalized spacial score (nSPS) is 23.3. The highest BCUT2D eigenvalue weighted by Crippen LogP contribution is 2.23. The number of rotatable bonds is 5. The average molecular weight is 283 g/mol. The molecular formula is C13H21N3O2S. The summed E-state index contributed by atoms with van der Waals surface area (Å²) in [5.74, 6) is 0.0874. The molecule has 5 nitrogen and oxygen atoms in total. The minimum Gasteiger partial charge on any atom is -0.393 e. The predicted octanol–water partition coefficient (Wildman–Crippen LogP) is 1.77. The minimum absolute atomic E-state index is 0.101. The first kappa shape index (κ1) is 14.4. The number of hydrogen-bond donors (Lipinski definition) is 2. The molecule has 1 aromatic rings. The molecule has 1 saturated carbocycles. The van der Waals surface area contributed by atoms with Crippen molar-refractivity contribution < 1.29 is 9.90 Å². The van der Waals surface area contributed by atoms with Crippen LogP contribution in [0.3, 0.4) is 0 Å². The van der Waals surface area contributed by atoms with Gasteiger partial charge in [0.25, 0.3) is 5.91 Å². The number of aliphatic hydroxyl groups is 1. The molecule has 1 aliphatic carbocycles. The van der Waals surface area contributed by atoms with Gasteiger partial charge in [0.1, 0.15) is 4.88 Å². The second-order valence-electron chi connectivity index (χ2n) is 5.12. The standard InChI is InChI=1S/C13H21N3O2S/c1-2-5-10-12(19-16-15-10)13(18)14-8-9-6-3-4-7-11(9)17/h9,11,17H,2-8H2,1H3,(H,14,18). The summed E-state index contributed by atoms with van der Waals surface area (Å²) in [6, 6.07) is 0. The van der Waals surface area contributed by atoms with Crippen molar-refractivity contribution in [2.45, 2.75) is 51.6 Å². The van der Waals surface area contributed by atoms with E-state index in [2.05, 4.69) is 21.8 Å². The Hall–Kier alpha value is -1.01. The SMILES string of the molecule is CCCc1nnsc1C(=O)NCC1CCCCC1O. The number of amides is 1. The van der Waals surface area contributed by atoms with Crippen molar-refractivity contribution in [3.8, 4) is 0 Å². The van der Waals surface area contributed by atoms with Crippen LogP contribution in [0.5, 0.6) is 0 Å². The summed E-state index contributed by atoms with van der Waals surface area (Å²) >= 11 is 1.15. The lowest BCUT2D eigenvalue weighted by atomic mass is 9.86. The largest absolute Gasteiger partial charge is 0.393 e. The maximum absolute atomic E-state index is 12.1. The third kappa shape index (κ3) is 3.73. The van der Waals surface area contributed by atoms with Crippen molar-refractivity contribution in [3.63, 3.8) is 0 Å². The summed E-state index contributed by atoms with van der Waals surface area (Å²) in [5.41, 5.74) is 0.786. The Labute approximate surface area is 117 Å². The first-order chi connectivity index (χ1) is 9.22. The zero-order chi connectivity index (χ0) is 13.7. The van der Waals surface area contributed by atoms with E-state index in [0.717, 1.165) is 55.8 Å². The Morgan fingerprint density at radius 1 is 1.47 bits per heavy atom. The molecule has 1 amide bonds. The van der Waals surface area contributed by atoms with E-state index in [1.807, 2.05) is 0 Å². The highest BCUT2D eigenvalue weighted by atomic mass is 32.1. The highest BCUT2D eigenvalue weighted by molar-refractivity contribution is 7.08. The summed E-state index contributed by atoms with van der Waals surface area (Å²) in [4.78, 5) is 12.7. The fourth-order valence-electron chi connectivity index (χ4n) is 2.51. The molecule has 2 N–H and O–H groups in total. The van der Waals surface area contributed by atoms with E-state index in [1.165, 1.54) is 0 Å². The number of aliphatic hydroxyl groups excluding tert-OH is 1. The zero-order valence-corrected chi connectivity index (χ0v) is 12.1. The molecule has 1 fully saturated rings. The van der Waals surface area contributed by atoms with Crippen LogP contribution >= 0.6 is 11.5 Å². The van der Waals surface area contributed by atoms with E-state index in [4.69, 9.17) is 0 Å². The number of aromatic nitrogens is 2. The Balaban J connectivity index is 1.88. The van der Waals surface area contributed by atoms with Crippen LogP contribution in [0.15, 0.2) is 0 Å². The number of carbonyl (C=O) groups excluding carboxylic acids is 1. The van der Waals surface area contributed by atoms with Crippen molar-refractivity contribution >= 4 is 17.4 Å². The van der Waals surface area contributed by atoms with Gasteiger partial charge >= 0.3 is 0 Å². The molecule has 0 aliphatic heterocycles. The van der Waals surface area contributed by atoms with Gasteiger partial charge in [0.2, 0.25) is 0 Å².